The molecule has 7 heteroatoms. The average Bonchev–Trinajstić information content (AvgIpc) is 3.21. The van der Waals surface area contributed by atoms with Crippen LogP contribution in [0.15, 0.2) is 28.9 Å². The largest absolute Gasteiger partial charge is 0.481 e. The van der Waals surface area contributed by atoms with Crippen LogP contribution in [0, 0.1) is 19.8 Å². The summed E-state index contributed by atoms with van der Waals surface area (Å²) in [6.45, 7) is 11.2. The fourth-order valence-corrected chi connectivity index (χ4v) is 3.56. The minimum absolute atomic E-state index is 0.119. The number of benzene rings is 1. The summed E-state index contributed by atoms with van der Waals surface area (Å²) in [4.78, 5) is 20.1. The van der Waals surface area contributed by atoms with E-state index in [0.717, 1.165) is 52.2 Å². The molecule has 0 aliphatic rings. The van der Waals surface area contributed by atoms with Crippen LogP contribution in [0.3, 0.4) is 0 Å². The molecule has 0 aliphatic carbocycles. The number of carboxylic acid groups (broad SMARTS) is 1. The SMILES string of the molecule is CCc1cc(-c2noc(-c3cnc(NCC(C)C)c(C)c3)n2)cc(C)c1CCC(=O)O. The van der Waals surface area contributed by atoms with Crippen molar-refractivity contribution in [2.24, 2.45) is 5.92 Å². The Bertz CT molecular complexity index is 1070. The highest BCUT2D eigenvalue weighted by molar-refractivity contribution is 5.68. The van der Waals surface area contributed by atoms with Crippen LogP contribution in [0.4, 0.5) is 5.82 Å². The third-order valence-corrected chi connectivity index (χ3v) is 5.22. The second-order valence-electron chi connectivity index (χ2n) is 8.27. The van der Waals surface area contributed by atoms with E-state index in [1.54, 1.807) is 6.20 Å². The lowest BCUT2D eigenvalue weighted by Crippen LogP contribution is -2.10. The van der Waals surface area contributed by atoms with Crippen molar-refractivity contribution in [1.82, 2.24) is 15.1 Å². The van der Waals surface area contributed by atoms with E-state index in [1.165, 1.54) is 0 Å². The summed E-state index contributed by atoms with van der Waals surface area (Å²) in [6, 6.07) is 6.01. The molecular weight excluding hydrogens is 392 g/mol. The molecule has 1 aromatic carbocycles. The molecule has 164 valence electrons. The van der Waals surface area contributed by atoms with E-state index in [1.807, 2.05) is 32.0 Å². The molecule has 0 radical (unpaired) electrons. The highest BCUT2D eigenvalue weighted by Crippen LogP contribution is 2.28. The first-order valence-corrected chi connectivity index (χ1v) is 10.7. The number of aliphatic carboxylic acids is 1. The lowest BCUT2D eigenvalue weighted by Gasteiger charge is -2.12. The van der Waals surface area contributed by atoms with Crippen molar-refractivity contribution < 1.29 is 14.4 Å². The first kappa shape index (κ1) is 22.5. The average molecular weight is 423 g/mol. The number of nitrogens with one attached hydrogen (secondary N) is 1. The van der Waals surface area contributed by atoms with Gasteiger partial charge in [0.15, 0.2) is 0 Å². The van der Waals surface area contributed by atoms with Crippen molar-refractivity contribution in [3.8, 4) is 22.8 Å². The first-order valence-electron chi connectivity index (χ1n) is 10.7. The van der Waals surface area contributed by atoms with Gasteiger partial charge in [-0.15, -0.1) is 0 Å². The van der Waals surface area contributed by atoms with Crippen LogP contribution >= 0.6 is 0 Å². The van der Waals surface area contributed by atoms with E-state index in [2.05, 4.69) is 41.2 Å². The van der Waals surface area contributed by atoms with Crippen LogP contribution in [0.1, 0.15) is 49.4 Å². The lowest BCUT2D eigenvalue weighted by molar-refractivity contribution is -0.136. The van der Waals surface area contributed by atoms with Gasteiger partial charge in [0, 0.05) is 24.7 Å². The highest BCUT2D eigenvalue weighted by atomic mass is 16.5. The van der Waals surface area contributed by atoms with Crippen LogP contribution in [0.5, 0.6) is 0 Å². The number of hydrogen-bond acceptors (Lipinski definition) is 6. The number of hydrogen-bond donors (Lipinski definition) is 2. The predicted molar refractivity (Wildman–Crippen MR) is 121 cm³/mol. The van der Waals surface area contributed by atoms with Crippen molar-refractivity contribution in [1.29, 1.82) is 0 Å². The third-order valence-electron chi connectivity index (χ3n) is 5.22. The zero-order chi connectivity index (χ0) is 22.5. The number of rotatable bonds is 9. The normalized spacial score (nSPS) is 11.2. The van der Waals surface area contributed by atoms with Crippen molar-refractivity contribution in [2.45, 2.75) is 53.9 Å². The second-order valence-corrected chi connectivity index (χ2v) is 8.27. The topological polar surface area (TPSA) is 101 Å². The molecule has 0 bridgehead atoms. The number of pyridine rings is 1. The van der Waals surface area contributed by atoms with Crippen LogP contribution in [0.25, 0.3) is 22.8 Å². The molecule has 2 heterocycles. The van der Waals surface area contributed by atoms with Crippen LogP contribution in [-0.4, -0.2) is 32.7 Å². The Morgan fingerprint density at radius 2 is 1.90 bits per heavy atom. The molecule has 7 nitrogen and oxygen atoms in total. The summed E-state index contributed by atoms with van der Waals surface area (Å²) < 4.78 is 5.52. The summed E-state index contributed by atoms with van der Waals surface area (Å²) >= 11 is 0. The number of carboxylic acids is 1. The quantitative estimate of drug-likeness (QED) is 0.497. The molecule has 0 spiro atoms. The Balaban J connectivity index is 1.86. The highest BCUT2D eigenvalue weighted by Gasteiger charge is 2.16. The third kappa shape index (κ3) is 5.48. The summed E-state index contributed by atoms with van der Waals surface area (Å²) in [5.74, 6) is 1.54. The van der Waals surface area contributed by atoms with Gasteiger partial charge in [0.2, 0.25) is 5.82 Å². The van der Waals surface area contributed by atoms with E-state index in [-0.39, 0.29) is 6.42 Å². The van der Waals surface area contributed by atoms with E-state index in [4.69, 9.17) is 9.63 Å². The van der Waals surface area contributed by atoms with Gasteiger partial charge in [-0.25, -0.2) is 4.98 Å². The van der Waals surface area contributed by atoms with Gasteiger partial charge in [0.25, 0.3) is 5.89 Å². The maximum absolute atomic E-state index is 11.0. The number of carbonyl (C=O) groups is 1. The second kappa shape index (κ2) is 9.73. The molecule has 3 aromatic rings. The Morgan fingerprint density at radius 1 is 1.16 bits per heavy atom. The zero-order valence-corrected chi connectivity index (χ0v) is 18.8. The summed E-state index contributed by atoms with van der Waals surface area (Å²) in [6.07, 6.45) is 3.19. The van der Waals surface area contributed by atoms with Gasteiger partial charge in [0.1, 0.15) is 5.82 Å². The molecule has 2 N–H and O–H groups in total. The molecule has 0 amide bonds. The van der Waals surface area contributed by atoms with Crippen molar-refractivity contribution in [3.05, 3.63) is 46.6 Å². The van der Waals surface area contributed by atoms with Crippen molar-refractivity contribution in [3.63, 3.8) is 0 Å². The summed E-state index contributed by atoms with van der Waals surface area (Å²) in [5.41, 5.74) is 5.90. The lowest BCUT2D eigenvalue weighted by atomic mass is 9.93. The molecule has 0 fully saturated rings. The molecule has 31 heavy (non-hydrogen) atoms. The first-order chi connectivity index (χ1) is 14.8. The van der Waals surface area contributed by atoms with Gasteiger partial charge in [-0.3, -0.25) is 4.79 Å². The van der Waals surface area contributed by atoms with Crippen LogP contribution in [-0.2, 0) is 17.6 Å². The van der Waals surface area contributed by atoms with Gasteiger partial charge >= 0.3 is 5.97 Å². The molecule has 0 saturated heterocycles. The number of aromatic nitrogens is 3. The molecule has 0 saturated carbocycles. The Hall–Kier alpha value is -3.22. The standard InChI is InChI=1S/C24H30N4O3/c1-6-17-11-18(9-15(4)20(17)7-8-21(29)30)23-27-24(31-28-23)19-10-16(5)22(26-13-19)25-12-14(2)3/h9-11,13-14H,6-8,12H2,1-5H3,(H,25,26)(H,29,30). The fraction of sp³-hybridized carbons (Fsp3) is 0.417. The number of anilines is 1. The monoisotopic (exact) mass is 422 g/mol. The molecule has 3 rings (SSSR count). The van der Waals surface area contributed by atoms with Gasteiger partial charge in [-0.05, 0) is 73.1 Å². The smallest absolute Gasteiger partial charge is 0.303 e. The van der Waals surface area contributed by atoms with E-state index < -0.39 is 5.97 Å². The van der Waals surface area contributed by atoms with Crippen molar-refractivity contribution in [2.75, 3.05) is 11.9 Å². The molecule has 0 atom stereocenters. The van der Waals surface area contributed by atoms with Gasteiger partial charge in [-0.1, -0.05) is 25.9 Å². The Morgan fingerprint density at radius 3 is 2.55 bits per heavy atom. The van der Waals surface area contributed by atoms with E-state index in [9.17, 15) is 4.79 Å². The molecule has 0 unspecified atom stereocenters. The zero-order valence-electron chi connectivity index (χ0n) is 18.8. The van der Waals surface area contributed by atoms with E-state index >= 15 is 0 Å². The molecular formula is C24H30N4O3. The molecule has 2 aromatic heterocycles. The maximum Gasteiger partial charge on any atom is 0.303 e. The Kier molecular flexibility index (Phi) is 7.05. The van der Waals surface area contributed by atoms with E-state index in [0.29, 0.717) is 24.1 Å². The Labute approximate surface area is 182 Å². The minimum atomic E-state index is -0.789. The predicted octanol–water partition coefficient (Wildman–Crippen LogP) is 5.06. The van der Waals surface area contributed by atoms with Crippen LogP contribution < -0.4 is 5.32 Å². The molecule has 0 aliphatic heterocycles. The van der Waals surface area contributed by atoms with Crippen molar-refractivity contribution >= 4 is 11.8 Å². The summed E-state index contributed by atoms with van der Waals surface area (Å²) in [5, 5.41) is 16.5. The van der Waals surface area contributed by atoms with Crippen LogP contribution in [0.2, 0.25) is 0 Å². The summed E-state index contributed by atoms with van der Waals surface area (Å²) in [7, 11) is 0. The fourth-order valence-electron chi connectivity index (χ4n) is 3.56. The maximum atomic E-state index is 11.0. The van der Waals surface area contributed by atoms with Gasteiger partial charge in [-0.2, -0.15) is 4.98 Å². The minimum Gasteiger partial charge on any atom is -0.481 e. The van der Waals surface area contributed by atoms with Gasteiger partial charge < -0.3 is 14.9 Å². The number of nitrogens with zero attached hydrogens (tertiary/aromatic N) is 3. The van der Waals surface area contributed by atoms with Gasteiger partial charge in [0.05, 0.1) is 5.56 Å². The number of aryl methyl sites for hydroxylation is 3.